The third-order valence-corrected chi connectivity index (χ3v) is 8.81. The van der Waals surface area contributed by atoms with E-state index in [1.807, 2.05) is 6.07 Å². The monoisotopic (exact) mass is 553 g/mol. The predicted octanol–water partition coefficient (Wildman–Crippen LogP) is 3.22. The van der Waals surface area contributed by atoms with E-state index in [1.165, 1.54) is 42.7 Å². The summed E-state index contributed by atoms with van der Waals surface area (Å²) in [6.45, 7) is 0.626. The quantitative estimate of drug-likeness (QED) is 0.244. The number of nitrogens with zero attached hydrogens (tertiary/aromatic N) is 4. The molecule has 38 heavy (non-hydrogen) atoms. The fourth-order valence-corrected chi connectivity index (χ4v) is 6.15. The Bertz CT molecular complexity index is 1570. The van der Waals surface area contributed by atoms with Crippen LogP contribution in [0, 0.1) is 0 Å². The van der Waals surface area contributed by atoms with Gasteiger partial charge in [0, 0.05) is 24.4 Å². The number of ether oxygens (including phenoxy) is 2. The number of rotatable bonds is 9. The van der Waals surface area contributed by atoms with E-state index in [9.17, 15) is 13.2 Å². The molecule has 13 heteroatoms. The Labute approximate surface area is 222 Å². The fraction of sp³-hybridized carbons (Fsp3) is 0.240. The largest absolute Gasteiger partial charge is 0.481 e. The molecule has 196 valence electrons. The summed E-state index contributed by atoms with van der Waals surface area (Å²) >= 11 is 1.18. The molecule has 4 heterocycles. The number of methoxy groups -OCH3 is 1. The highest BCUT2D eigenvalue weighted by Gasteiger charge is 2.31. The van der Waals surface area contributed by atoms with Crippen molar-refractivity contribution in [3.63, 3.8) is 0 Å². The van der Waals surface area contributed by atoms with Gasteiger partial charge in [0.2, 0.25) is 5.88 Å². The maximum atomic E-state index is 13.3. The molecule has 0 saturated carbocycles. The van der Waals surface area contributed by atoms with Crippen molar-refractivity contribution in [1.82, 2.24) is 15.0 Å². The van der Waals surface area contributed by atoms with Crippen molar-refractivity contribution >= 4 is 48.3 Å². The second kappa shape index (κ2) is 11.2. The Morgan fingerprint density at radius 1 is 1.16 bits per heavy atom. The Kier molecular flexibility index (Phi) is 7.58. The van der Waals surface area contributed by atoms with E-state index in [-0.39, 0.29) is 23.8 Å². The van der Waals surface area contributed by atoms with Crippen molar-refractivity contribution in [1.29, 1.82) is 0 Å². The minimum Gasteiger partial charge on any atom is -0.481 e. The Morgan fingerprint density at radius 2 is 2.00 bits per heavy atom. The number of thiazole rings is 1. The second-order valence-electron chi connectivity index (χ2n) is 8.24. The molecule has 0 radical (unpaired) electrons. The van der Waals surface area contributed by atoms with Crippen LogP contribution in [0.5, 0.6) is 5.88 Å². The smallest absolute Gasteiger partial charge is 0.280 e. The lowest BCUT2D eigenvalue weighted by Crippen LogP contribution is -2.25. The first-order chi connectivity index (χ1) is 18.4. The number of pyridine rings is 2. The Hall–Kier alpha value is -3.94. The third-order valence-electron chi connectivity index (χ3n) is 5.75. The SMILES string of the molecule is COc1ccc2nc(NC(=O)C(=NOCc3ccccn3)c3ccc(S(=O)(=O)[C@H]4CCOC4)cc3)sc2n1. The van der Waals surface area contributed by atoms with Gasteiger partial charge in [-0.25, -0.2) is 18.4 Å². The lowest BCUT2D eigenvalue weighted by molar-refractivity contribution is -0.110. The number of sulfone groups is 1. The Balaban J connectivity index is 1.40. The highest BCUT2D eigenvalue weighted by atomic mass is 32.2. The number of fused-ring (bicyclic) bond motifs is 1. The lowest BCUT2D eigenvalue weighted by atomic mass is 10.1. The van der Waals surface area contributed by atoms with Gasteiger partial charge in [-0.15, -0.1) is 0 Å². The van der Waals surface area contributed by atoms with Crippen LogP contribution in [0.3, 0.4) is 0 Å². The molecule has 0 aliphatic carbocycles. The molecule has 1 amide bonds. The summed E-state index contributed by atoms with van der Waals surface area (Å²) in [5.74, 6) is -0.153. The predicted molar refractivity (Wildman–Crippen MR) is 141 cm³/mol. The molecule has 0 bridgehead atoms. The zero-order valence-electron chi connectivity index (χ0n) is 20.2. The minimum absolute atomic E-state index is 0.0383. The van der Waals surface area contributed by atoms with Crippen molar-refractivity contribution in [3.8, 4) is 5.88 Å². The van der Waals surface area contributed by atoms with Gasteiger partial charge in [-0.1, -0.05) is 34.7 Å². The molecule has 0 unspecified atom stereocenters. The van der Waals surface area contributed by atoms with E-state index >= 15 is 0 Å². The molecule has 1 saturated heterocycles. The first-order valence-electron chi connectivity index (χ1n) is 11.6. The summed E-state index contributed by atoms with van der Waals surface area (Å²) in [6, 6.07) is 14.7. The molecule has 1 aromatic carbocycles. The molecule has 0 spiro atoms. The van der Waals surface area contributed by atoms with Crippen LogP contribution in [0.2, 0.25) is 0 Å². The van der Waals surface area contributed by atoms with Gasteiger partial charge in [-0.05, 0) is 36.8 Å². The fourth-order valence-electron chi connectivity index (χ4n) is 3.75. The lowest BCUT2D eigenvalue weighted by Gasteiger charge is -2.11. The minimum atomic E-state index is -3.55. The van der Waals surface area contributed by atoms with E-state index in [0.717, 1.165) is 0 Å². The third kappa shape index (κ3) is 5.64. The van der Waals surface area contributed by atoms with Crippen molar-refractivity contribution in [2.75, 3.05) is 25.6 Å². The molecule has 1 aliphatic rings. The van der Waals surface area contributed by atoms with Gasteiger partial charge in [-0.2, -0.15) is 0 Å². The number of aromatic nitrogens is 3. The molecule has 1 aliphatic heterocycles. The summed E-state index contributed by atoms with van der Waals surface area (Å²) in [5.41, 5.74) is 1.54. The normalized spacial score (nSPS) is 15.9. The molecule has 4 aromatic rings. The molecule has 3 aromatic heterocycles. The molecule has 1 N–H and O–H groups in total. The van der Waals surface area contributed by atoms with Crippen LogP contribution in [0.15, 0.2) is 70.8 Å². The van der Waals surface area contributed by atoms with Gasteiger partial charge in [0.25, 0.3) is 5.91 Å². The van der Waals surface area contributed by atoms with Gasteiger partial charge in [0.05, 0.1) is 29.6 Å². The van der Waals surface area contributed by atoms with E-state index in [0.29, 0.717) is 45.6 Å². The van der Waals surface area contributed by atoms with Crippen molar-refractivity contribution < 1.29 is 27.5 Å². The van der Waals surface area contributed by atoms with E-state index in [4.69, 9.17) is 14.3 Å². The maximum absolute atomic E-state index is 13.3. The average molecular weight is 554 g/mol. The van der Waals surface area contributed by atoms with Gasteiger partial charge in [-0.3, -0.25) is 15.1 Å². The van der Waals surface area contributed by atoms with Crippen LogP contribution >= 0.6 is 11.3 Å². The summed E-state index contributed by atoms with van der Waals surface area (Å²) in [6.07, 6.45) is 2.07. The van der Waals surface area contributed by atoms with Crippen molar-refractivity contribution in [2.45, 2.75) is 23.2 Å². The summed E-state index contributed by atoms with van der Waals surface area (Å²) in [5, 5.41) is 6.53. The number of carbonyl (C=O) groups is 1. The number of anilines is 1. The number of hydrogen-bond acceptors (Lipinski definition) is 11. The molecule has 5 rings (SSSR count). The van der Waals surface area contributed by atoms with Crippen LogP contribution in [0.4, 0.5) is 5.13 Å². The van der Waals surface area contributed by atoms with Crippen LogP contribution in [0.1, 0.15) is 17.7 Å². The maximum Gasteiger partial charge on any atom is 0.280 e. The first kappa shape index (κ1) is 25.7. The number of hydrogen-bond donors (Lipinski definition) is 1. The topological polar surface area (TPSA) is 142 Å². The molecule has 11 nitrogen and oxygen atoms in total. The highest BCUT2D eigenvalue weighted by Crippen LogP contribution is 2.27. The van der Waals surface area contributed by atoms with Crippen LogP contribution in [0.25, 0.3) is 10.3 Å². The molecular formula is C25H23N5O6S2. The number of benzene rings is 1. The highest BCUT2D eigenvalue weighted by molar-refractivity contribution is 7.92. The zero-order chi connectivity index (χ0) is 26.5. The molecular weight excluding hydrogens is 530 g/mol. The van der Waals surface area contributed by atoms with E-state index in [2.05, 4.69) is 25.4 Å². The van der Waals surface area contributed by atoms with Crippen LogP contribution in [-0.2, 0) is 30.8 Å². The van der Waals surface area contributed by atoms with Crippen molar-refractivity contribution in [3.05, 3.63) is 72.1 Å². The number of nitrogens with one attached hydrogen (secondary N) is 1. The zero-order valence-corrected chi connectivity index (χ0v) is 21.9. The summed E-state index contributed by atoms with van der Waals surface area (Å²) < 4.78 is 36.2. The number of oxime groups is 1. The van der Waals surface area contributed by atoms with Crippen molar-refractivity contribution in [2.24, 2.45) is 5.16 Å². The van der Waals surface area contributed by atoms with Gasteiger partial charge < -0.3 is 14.3 Å². The second-order valence-corrected chi connectivity index (χ2v) is 11.4. The van der Waals surface area contributed by atoms with Crippen LogP contribution < -0.4 is 10.1 Å². The van der Waals surface area contributed by atoms with Gasteiger partial charge >= 0.3 is 0 Å². The standard InChI is InChI=1S/C25H23N5O6S2/c1-34-21-10-9-20-24(28-21)37-25(27-20)29-23(31)22(30-36-14-17-4-2-3-12-26-17)16-5-7-18(8-6-16)38(32,33)19-11-13-35-15-19/h2-10,12,19H,11,13-15H2,1H3,(H,27,29,31)/t19-/m0/s1. The van der Waals surface area contributed by atoms with E-state index in [1.54, 1.807) is 30.5 Å². The average Bonchev–Trinajstić information content (AvgIpc) is 3.62. The van der Waals surface area contributed by atoms with Gasteiger partial charge in [0.15, 0.2) is 27.3 Å². The molecule has 1 fully saturated rings. The first-order valence-corrected chi connectivity index (χ1v) is 13.9. The molecule has 1 atom stereocenters. The number of amides is 1. The van der Waals surface area contributed by atoms with E-state index < -0.39 is 21.0 Å². The Morgan fingerprint density at radius 3 is 2.71 bits per heavy atom. The van der Waals surface area contributed by atoms with Gasteiger partial charge in [0.1, 0.15) is 10.3 Å². The number of carbonyl (C=O) groups excluding carboxylic acids is 1. The summed E-state index contributed by atoms with van der Waals surface area (Å²) in [4.78, 5) is 32.4. The summed E-state index contributed by atoms with van der Waals surface area (Å²) in [7, 11) is -2.04. The van der Waals surface area contributed by atoms with Crippen LogP contribution in [-0.4, -0.2) is 60.6 Å².